The lowest BCUT2D eigenvalue weighted by Crippen LogP contribution is -2.24. The normalized spacial score (nSPS) is 10.5. The molecule has 0 atom stereocenters. The molecule has 2 aromatic rings. The Kier molecular flexibility index (Phi) is 5.17. The number of rotatable bonds is 5. The maximum absolute atomic E-state index is 10.5. The lowest BCUT2D eigenvalue weighted by Gasteiger charge is -2.06. The van der Waals surface area contributed by atoms with Gasteiger partial charge >= 0.3 is 6.03 Å². The Morgan fingerprint density at radius 1 is 1.19 bits per heavy atom. The molecule has 5 nitrogen and oxygen atoms in total. The number of hydrogen-bond donors (Lipinski definition) is 2. The number of ether oxygens (including phenoxy) is 1. The average Bonchev–Trinajstić information content (AvgIpc) is 2.48. The number of nitrogens with two attached hydrogens (primary N) is 1. The van der Waals surface area contributed by atoms with Crippen molar-refractivity contribution in [1.29, 1.82) is 0 Å². The van der Waals surface area contributed by atoms with Gasteiger partial charge in [0.25, 0.3) is 0 Å². The summed E-state index contributed by atoms with van der Waals surface area (Å²) < 4.78 is 5.65. The summed E-state index contributed by atoms with van der Waals surface area (Å²) in [5.74, 6) is 0.741. The fourth-order valence-electron chi connectivity index (χ4n) is 1.57. The van der Waals surface area contributed by atoms with Crippen molar-refractivity contribution in [2.45, 2.75) is 6.61 Å². The van der Waals surface area contributed by atoms with Gasteiger partial charge in [0.2, 0.25) is 0 Å². The first-order valence-corrected chi connectivity index (χ1v) is 6.57. The zero-order valence-corrected chi connectivity index (χ0v) is 11.9. The monoisotopic (exact) mass is 303 g/mol. The molecule has 0 aliphatic carbocycles. The number of nitrogens with one attached hydrogen (secondary N) is 1. The van der Waals surface area contributed by atoms with Gasteiger partial charge in [-0.1, -0.05) is 23.7 Å². The third kappa shape index (κ3) is 5.16. The third-order valence-electron chi connectivity index (χ3n) is 2.59. The summed E-state index contributed by atoms with van der Waals surface area (Å²) in [6, 6.07) is 14.1. The van der Waals surface area contributed by atoms with Crippen LogP contribution < -0.4 is 15.9 Å². The Bertz CT molecular complexity index is 624. The highest BCUT2D eigenvalue weighted by molar-refractivity contribution is 6.30. The minimum absolute atomic E-state index is 0.466. The van der Waals surface area contributed by atoms with E-state index in [0.29, 0.717) is 11.6 Å². The van der Waals surface area contributed by atoms with E-state index in [1.54, 1.807) is 0 Å². The molecule has 2 rings (SSSR count). The molecule has 0 radical (unpaired) electrons. The first kappa shape index (κ1) is 14.9. The molecule has 0 fully saturated rings. The summed E-state index contributed by atoms with van der Waals surface area (Å²) in [7, 11) is 0. The standard InChI is InChI=1S/C15H14ClN3O2/c16-13-5-1-12(2-6-13)10-21-14-7-3-11(4-8-14)9-18-19-15(17)20/h1-9H,10H2,(H3,17,19,20)/b18-9+. The highest BCUT2D eigenvalue weighted by Crippen LogP contribution is 2.15. The predicted molar refractivity (Wildman–Crippen MR) is 82.5 cm³/mol. The van der Waals surface area contributed by atoms with Crippen LogP contribution in [0.3, 0.4) is 0 Å². The Hall–Kier alpha value is -2.53. The van der Waals surface area contributed by atoms with E-state index >= 15 is 0 Å². The number of benzene rings is 2. The van der Waals surface area contributed by atoms with Crippen molar-refractivity contribution in [3.63, 3.8) is 0 Å². The van der Waals surface area contributed by atoms with Crippen LogP contribution in [0.15, 0.2) is 53.6 Å². The largest absolute Gasteiger partial charge is 0.489 e. The second-order valence-corrected chi connectivity index (χ2v) is 4.65. The van der Waals surface area contributed by atoms with E-state index in [9.17, 15) is 4.79 Å². The van der Waals surface area contributed by atoms with Crippen molar-refractivity contribution >= 4 is 23.8 Å². The molecule has 0 aliphatic heterocycles. The van der Waals surface area contributed by atoms with Gasteiger partial charge in [0.05, 0.1) is 6.21 Å². The van der Waals surface area contributed by atoms with Crippen LogP contribution in [-0.2, 0) is 6.61 Å². The first-order valence-electron chi connectivity index (χ1n) is 6.19. The average molecular weight is 304 g/mol. The van der Waals surface area contributed by atoms with E-state index in [0.717, 1.165) is 16.9 Å². The number of urea groups is 1. The van der Waals surface area contributed by atoms with Crippen molar-refractivity contribution < 1.29 is 9.53 Å². The molecular weight excluding hydrogens is 290 g/mol. The molecule has 0 saturated heterocycles. The minimum Gasteiger partial charge on any atom is -0.489 e. The van der Waals surface area contributed by atoms with E-state index < -0.39 is 6.03 Å². The highest BCUT2D eigenvalue weighted by atomic mass is 35.5. The number of halogens is 1. The second kappa shape index (κ2) is 7.31. The van der Waals surface area contributed by atoms with Crippen molar-refractivity contribution in [3.8, 4) is 5.75 Å². The molecule has 2 aromatic carbocycles. The van der Waals surface area contributed by atoms with Gasteiger partial charge in [-0.05, 0) is 47.5 Å². The van der Waals surface area contributed by atoms with Gasteiger partial charge in [0.15, 0.2) is 0 Å². The van der Waals surface area contributed by atoms with Crippen molar-refractivity contribution in [3.05, 3.63) is 64.7 Å². The summed E-state index contributed by atoms with van der Waals surface area (Å²) in [5, 5.41) is 4.37. The molecule has 21 heavy (non-hydrogen) atoms. The third-order valence-corrected chi connectivity index (χ3v) is 2.84. The van der Waals surface area contributed by atoms with E-state index in [1.165, 1.54) is 6.21 Å². The molecule has 108 valence electrons. The van der Waals surface area contributed by atoms with Crippen LogP contribution in [0.2, 0.25) is 5.02 Å². The van der Waals surface area contributed by atoms with E-state index in [-0.39, 0.29) is 0 Å². The van der Waals surface area contributed by atoms with Crippen molar-refractivity contribution in [2.24, 2.45) is 10.8 Å². The van der Waals surface area contributed by atoms with Gasteiger partial charge in [-0.2, -0.15) is 5.10 Å². The van der Waals surface area contributed by atoms with Crippen LogP contribution in [0, 0.1) is 0 Å². The van der Waals surface area contributed by atoms with Crippen molar-refractivity contribution in [2.75, 3.05) is 0 Å². The Labute approximate surface area is 127 Å². The molecule has 0 aromatic heterocycles. The molecular formula is C15H14ClN3O2. The minimum atomic E-state index is -0.700. The Balaban J connectivity index is 1.88. The molecule has 6 heteroatoms. The number of carbonyl (C=O) groups excluding carboxylic acids is 1. The van der Waals surface area contributed by atoms with Crippen LogP contribution in [-0.4, -0.2) is 12.2 Å². The molecule has 0 unspecified atom stereocenters. The number of hydrogen-bond acceptors (Lipinski definition) is 3. The van der Waals surface area contributed by atoms with Crippen LogP contribution in [0.25, 0.3) is 0 Å². The maximum atomic E-state index is 10.5. The highest BCUT2D eigenvalue weighted by Gasteiger charge is 1.97. The zero-order valence-electron chi connectivity index (χ0n) is 11.1. The van der Waals surface area contributed by atoms with Crippen LogP contribution >= 0.6 is 11.6 Å². The molecule has 0 bridgehead atoms. The predicted octanol–water partition coefficient (Wildman–Crippen LogP) is 2.92. The molecule has 0 heterocycles. The van der Waals surface area contributed by atoms with Gasteiger partial charge in [-0.25, -0.2) is 10.2 Å². The number of carbonyl (C=O) groups is 1. The molecule has 0 saturated carbocycles. The smallest absolute Gasteiger partial charge is 0.332 e. The van der Waals surface area contributed by atoms with Gasteiger partial charge in [0, 0.05) is 5.02 Å². The molecule has 2 amide bonds. The number of primary amides is 1. The number of amides is 2. The summed E-state index contributed by atoms with van der Waals surface area (Å²) in [6.07, 6.45) is 1.49. The van der Waals surface area contributed by atoms with Crippen molar-refractivity contribution in [1.82, 2.24) is 5.43 Å². The van der Waals surface area contributed by atoms with Gasteiger partial charge in [0.1, 0.15) is 12.4 Å². The van der Waals surface area contributed by atoms with Crippen LogP contribution in [0.5, 0.6) is 5.75 Å². The Morgan fingerprint density at radius 3 is 2.48 bits per heavy atom. The molecule has 0 spiro atoms. The van der Waals surface area contributed by atoms with Crippen LogP contribution in [0.1, 0.15) is 11.1 Å². The van der Waals surface area contributed by atoms with E-state index in [2.05, 4.69) is 10.5 Å². The molecule has 3 N–H and O–H groups in total. The fraction of sp³-hybridized carbons (Fsp3) is 0.0667. The first-order chi connectivity index (χ1) is 10.1. The van der Waals surface area contributed by atoms with Gasteiger partial charge in [-0.15, -0.1) is 0 Å². The lowest BCUT2D eigenvalue weighted by molar-refractivity contribution is 0.249. The quantitative estimate of drug-likeness (QED) is 0.658. The summed E-state index contributed by atoms with van der Waals surface area (Å²) in [6.45, 7) is 0.466. The Morgan fingerprint density at radius 2 is 1.86 bits per heavy atom. The topological polar surface area (TPSA) is 76.7 Å². The number of nitrogens with zero attached hydrogens (tertiary/aromatic N) is 1. The van der Waals surface area contributed by atoms with E-state index in [4.69, 9.17) is 22.1 Å². The SMILES string of the molecule is NC(=O)N/N=C/c1ccc(OCc2ccc(Cl)cc2)cc1. The fourth-order valence-corrected chi connectivity index (χ4v) is 1.69. The van der Waals surface area contributed by atoms with Gasteiger partial charge < -0.3 is 10.5 Å². The van der Waals surface area contributed by atoms with E-state index in [1.807, 2.05) is 48.5 Å². The number of hydrazone groups is 1. The second-order valence-electron chi connectivity index (χ2n) is 4.22. The maximum Gasteiger partial charge on any atom is 0.332 e. The zero-order chi connectivity index (χ0) is 15.1. The summed E-state index contributed by atoms with van der Waals surface area (Å²) in [5.41, 5.74) is 8.88. The van der Waals surface area contributed by atoms with Crippen LogP contribution in [0.4, 0.5) is 4.79 Å². The lowest BCUT2D eigenvalue weighted by atomic mass is 10.2. The summed E-state index contributed by atoms with van der Waals surface area (Å²) >= 11 is 5.82. The summed E-state index contributed by atoms with van der Waals surface area (Å²) in [4.78, 5) is 10.5. The molecule has 0 aliphatic rings. The van der Waals surface area contributed by atoms with Gasteiger partial charge in [-0.3, -0.25) is 0 Å².